The van der Waals surface area contributed by atoms with Crippen molar-refractivity contribution in [2.24, 2.45) is 0 Å². The zero-order chi connectivity index (χ0) is 22.6. The number of halogens is 4. The monoisotopic (exact) mass is 448 g/mol. The molecule has 4 aromatic heterocycles. The summed E-state index contributed by atoms with van der Waals surface area (Å²) < 4.78 is 56.0. The quantitative estimate of drug-likeness (QED) is 0.463. The standard InChI is InChI=1S/C19H12F4N6O3/c20-15-7-25-16-11(4-14(28-29(15)16)12-6-26-18(31)27-17(12)30)9-3-10(9)13-2-1-8(5-24-13)32-19(21,22)23/h1-2,4-7,9-10H,3H2,(H2,26,27,30,31)/t9-,10?/m0/s1. The number of hydrogen-bond donors (Lipinski definition) is 2. The molecule has 13 heteroatoms. The van der Waals surface area contributed by atoms with Crippen LogP contribution in [0.5, 0.6) is 5.75 Å². The topological polar surface area (TPSA) is 118 Å². The van der Waals surface area contributed by atoms with E-state index in [4.69, 9.17) is 0 Å². The minimum absolute atomic E-state index is 0.0322. The van der Waals surface area contributed by atoms with Crippen LogP contribution in [0.4, 0.5) is 17.6 Å². The van der Waals surface area contributed by atoms with E-state index in [1.807, 2.05) is 0 Å². The van der Waals surface area contributed by atoms with Gasteiger partial charge in [-0.1, -0.05) is 0 Å². The number of alkyl halides is 3. The molecule has 0 aliphatic heterocycles. The van der Waals surface area contributed by atoms with Crippen molar-refractivity contribution in [2.75, 3.05) is 0 Å². The maximum atomic E-state index is 14.2. The molecule has 32 heavy (non-hydrogen) atoms. The van der Waals surface area contributed by atoms with Crippen LogP contribution in [0.1, 0.15) is 29.5 Å². The molecule has 0 spiro atoms. The van der Waals surface area contributed by atoms with Gasteiger partial charge in [-0.05, 0) is 30.5 Å². The van der Waals surface area contributed by atoms with Crippen molar-refractivity contribution in [3.8, 4) is 17.0 Å². The smallest absolute Gasteiger partial charge is 0.404 e. The van der Waals surface area contributed by atoms with Crippen LogP contribution in [0, 0.1) is 5.95 Å². The number of aromatic amines is 2. The predicted octanol–water partition coefficient (Wildman–Crippen LogP) is 2.48. The van der Waals surface area contributed by atoms with E-state index >= 15 is 0 Å². The summed E-state index contributed by atoms with van der Waals surface area (Å²) >= 11 is 0. The molecule has 5 rings (SSSR count). The molecule has 4 heterocycles. The lowest BCUT2D eigenvalue weighted by Crippen LogP contribution is -2.23. The van der Waals surface area contributed by atoms with Crippen LogP contribution in [0.2, 0.25) is 0 Å². The Bertz CT molecular complexity index is 1440. The Morgan fingerprint density at radius 3 is 2.62 bits per heavy atom. The van der Waals surface area contributed by atoms with E-state index < -0.39 is 29.3 Å². The highest BCUT2D eigenvalue weighted by molar-refractivity contribution is 5.63. The second-order valence-electron chi connectivity index (χ2n) is 7.20. The molecular weight excluding hydrogens is 436 g/mol. The summed E-state index contributed by atoms with van der Waals surface area (Å²) in [6, 6.07) is 4.19. The van der Waals surface area contributed by atoms with Gasteiger partial charge in [0.05, 0.1) is 23.7 Å². The molecular formula is C19H12F4N6O3. The van der Waals surface area contributed by atoms with Gasteiger partial charge in [0.1, 0.15) is 5.75 Å². The first-order valence-electron chi connectivity index (χ1n) is 9.28. The number of imidazole rings is 1. The van der Waals surface area contributed by atoms with Crippen molar-refractivity contribution in [1.82, 2.24) is 29.5 Å². The van der Waals surface area contributed by atoms with Crippen LogP contribution in [-0.2, 0) is 0 Å². The highest BCUT2D eigenvalue weighted by Crippen LogP contribution is 2.55. The molecule has 164 valence electrons. The van der Waals surface area contributed by atoms with Crippen LogP contribution in [-0.4, -0.2) is 35.9 Å². The molecule has 1 aliphatic rings. The van der Waals surface area contributed by atoms with Crippen molar-refractivity contribution in [3.63, 3.8) is 0 Å². The Balaban J connectivity index is 1.51. The number of aromatic nitrogens is 6. The number of hydrogen-bond acceptors (Lipinski definition) is 6. The molecule has 1 aliphatic carbocycles. The Morgan fingerprint density at radius 2 is 1.94 bits per heavy atom. The molecule has 2 atom stereocenters. The molecule has 1 fully saturated rings. The van der Waals surface area contributed by atoms with E-state index in [1.165, 1.54) is 18.3 Å². The van der Waals surface area contributed by atoms with Gasteiger partial charge in [-0.3, -0.25) is 14.8 Å². The Hall–Kier alpha value is -4.03. The number of rotatable bonds is 4. The van der Waals surface area contributed by atoms with E-state index in [1.54, 1.807) is 6.07 Å². The van der Waals surface area contributed by atoms with Crippen molar-refractivity contribution in [3.05, 3.63) is 74.8 Å². The summed E-state index contributed by atoms with van der Waals surface area (Å²) in [7, 11) is 0. The van der Waals surface area contributed by atoms with Gasteiger partial charge in [-0.2, -0.15) is 14.0 Å². The summed E-state index contributed by atoms with van der Waals surface area (Å²) in [5, 5.41) is 4.11. The lowest BCUT2D eigenvalue weighted by molar-refractivity contribution is -0.274. The van der Waals surface area contributed by atoms with Crippen molar-refractivity contribution in [1.29, 1.82) is 0 Å². The lowest BCUT2D eigenvalue weighted by Gasteiger charge is -2.09. The van der Waals surface area contributed by atoms with E-state index in [2.05, 4.69) is 29.8 Å². The third-order valence-corrected chi connectivity index (χ3v) is 5.11. The van der Waals surface area contributed by atoms with Crippen LogP contribution >= 0.6 is 0 Å². The summed E-state index contributed by atoms with van der Waals surface area (Å²) in [6.45, 7) is 0. The van der Waals surface area contributed by atoms with Crippen molar-refractivity contribution < 1.29 is 22.3 Å². The number of H-pyrrole nitrogens is 2. The molecule has 1 saturated carbocycles. The van der Waals surface area contributed by atoms with E-state index in [-0.39, 0.29) is 28.7 Å². The third kappa shape index (κ3) is 3.61. The van der Waals surface area contributed by atoms with Crippen molar-refractivity contribution in [2.45, 2.75) is 24.6 Å². The molecule has 0 saturated heterocycles. The zero-order valence-corrected chi connectivity index (χ0v) is 15.9. The molecule has 0 amide bonds. The largest absolute Gasteiger partial charge is 0.573 e. The van der Waals surface area contributed by atoms with Gasteiger partial charge in [0.25, 0.3) is 5.56 Å². The Morgan fingerprint density at radius 1 is 1.12 bits per heavy atom. The molecule has 0 radical (unpaired) electrons. The molecule has 0 aromatic carbocycles. The first-order chi connectivity index (χ1) is 15.2. The van der Waals surface area contributed by atoms with Gasteiger partial charge >= 0.3 is 12.1 Å². The first kappa shape index (κ1) is 19.9. The maximum absolute atomic E-state index is 14.2. The van der Waals surface area contributed by atoms with E-state index in [9.17, 15) is 27.2 Å². The van der Waals surface area contributed by atoms with E-state index in [0.29, 0.717) is 17.7 Å². The summed E-state index contributed by atoms with van der Waals surface area (Å²) in [4.78, 5) is 36.0. The zero-order valence-electron chi connectivity index (χ0n) is 15.9. The third-order valence-electron chi connectivity index (χ3n) is 5.11. The van der Waals surface area contributed by atoms with Crippen LogP contribution in [0.25, 0.3) is 16.9 Å². The van der Waals surface area contributed by atoms with Gasteiger partial charge in [0.15, 0.2) is 5.65 Å². The second-order valence-corrected chi connectivity index (χ2v) is 7.20. The minimum Gasteiger partial charge on any atom is -0.404 e. The summed E-state index contributed by atoms with van der Waals surface area (Å²) in [5.74, 6) is -1.50. The maximum Gasteiger partial charge on any atom is 0.573 e. The fraction of sp³-hybridized carbons (Fsp3) is 0.211. The molecule has 9 nitrogen and oxygen atoms in total. The van der Waals surface area contributed by atoms with Crippen LogP contribution in [0.15, 0.2) is 46.4 Å². The van der Waals surface area contributed by atoms with Gasteiger partial charge in [0.2, 0.25) is 5.95 Å². The number of fused-ring (bicyclic) bond motifs is 1. The number of nitrogens with one attached hydrogen (secondary N) is 2. The molecule has 1 unspecified atom stereocenters. The fourth-order valence-electron chi connectivity index (χ4n) is 3.64. The normalized spacial score (nSPS) is 18.1. The minimum atomic E-state index is -4.81. The first-order valence-corrected chi connectivity index (χ1v) is 9.28. The van der Waals surface area contributed by atoms with E-state index in [0.717, 1.165) is 16.9 Å². The lowest BCUT2D eigenvalue weighted by atomic mass is 10.1. The van der Waals surface area contributed by atoms with Crippen molar-refractivity contribution >= 4 is 5.65 Å². The highest BCUT2D eigenvalue weighted by atomic mass is 19.4. The fourth-order valence-corrected chi connectivity index (χ4v) is 3.64. The SMILES string of the molecule is O=c1[nH]cc(-c2cc([C@H]3CC3c3ccc(OC(F)(F)F)cn3)c3ncc(F)n3n2)c(=O)[nH]1. The number of pyridine rings is 1. The van der Waals surface area contributed by atoms with Crippen LogP contribution < -0.4 is 16.0 Å². The van der Waals surface area contributed by atoms with Gasteiger partial charge in [-0.15, -0.1) is 13.2 Å². The average Bonchev–Trinajstić information content (AvgIpc) is 3.43. The summed E-state index contributed by atoms with van der Waals surface area (Å²) in [6.07, 6.45) is -1.07. The second kappa shape index (κ2) is 7.00. The Labute approximate surface area is 174 Å². The van der Waals surface area contributed by atoms with Gasteiger partial charge in [-0.25, -0.2) is 9.78 Å². The molecule has 2 N–H and O–H groups in total. The highest BCUT2D eigenvalue weighted by Gasteiger charge is 2.43. The molecule has 0 bridgehead atoms. The Kier molecular flexibility index (Phi) is 4.36. The van der Waals surface area contributed by atoms with Gasteiger partial charge in [0, 0.05) is 23.4 Å². The number of ether oxygens (including phenoxy) is 1. The van der Waals surface area contributed by atoms with Crippen LogP contribution in [0.3, 0.4) is 0 Å². The summed E-state index contributed by atoms with van der Waals surface area (Å²) in [5.41, 5.74) is 0.138. The average molecular weight is 448 g/mol. The number of nitrogens with zero attached hydrogens (tertiary/aromatic N) is 4. The molecule has 4 aromatic rings. The predicted molar refractivity (Wildman–Crippen MR) is 101 cm³/mol. The van der Waals surface area contributed by atoms with Gasteiger partial charge < -0.3 is 9.72 Å².